The normalized spacial score (nSPS) is 12.5. The minimum Gasteiger partial charge on any atom is -0.456 e. The fourth-order valence-electron chi connectivity index (χ4n) is 6.31. The van der Waals surface area contributed by atoms with E-state index in [-0.39, 0.29) is 6.04 Å². The van der Waals surface area contributed by atoms with E-state index in [1.54, 1.807) is 0 Å². The van der Waals surface area contributed by atoms with E-state index in [2.05, 4.69) is 89.5 Å². The maximum absolute atomic E-state index is 6.82. The number of para-hydroxylation sites is 2. The van der Waals surface area contributed by atoms with E-state index in [1.165, 1.54) is 0 Å². The lowest BCUT2D eigenvalue weighted by Gasteiger charge is -2.15. The second-order valence-corrected chi connectivity index (χ2v) is 10.5. The standard InChI is InChI=1S/C37H27N3O/c38-29-21-22-31-36(35(29)28-13-8-16-33-34(28)27-12-5-7-15-32(27)41-33)26-11-4-6-14-30(26)40(31)25-19-17-24(18-20-25)37(39)23-9-2-1-3-10-23/h1-22,37H,38-39H2. The number of nitrogens with zero attached hydrogens (tertiary/aromatic N) is 1. The van der Waals surface area contributed by atoms with E-state index >= 15 is 0 Å². The third-order valence-electron chi connectivity index (χ3n) is 8.21. The predicted octanol–water partition coefficient (Wildman–Crippen LogP) is 8.98. The number of hydrogen-bond acceptors (Lipinski definition) is 3. The summed E-state index contributed by atoms with van der Waals surface area (Å²) in [7, 11) is 0. The summed E-state index contributed by atoms with van der Waals surface area (Å²) >= 11 is 0. The highest BCUT2D eigenvalue weighted by atomic mass is 16.3. The summed E-state index contributed by atoms with van der Waals surface area (Å²) in [5, 5.41) is 4.45. The molecule has 4 nitrogen and oxygen atoms in total. The topological polar surface area (TPSA) is 70.1 Å². The Hall–Kier alpha value is -5.32. The molecule has 1 atom stereocenters. The van der Waals surface area contributed by atoms with Gasteiger partial charge in [-0.2, -0.15) is 0 Å². The van der Waals surface area contributed by atoms with Gasteiger partial charge in [0, 0.05) is 38.5 Å². The van der Waals surface area contributed by atoms with Crippen molar-refractivity contribution in [3.63, 3.8) is 0 Å². The van der Waals surface area contributed by atoms with E-state index in [0.717, 1.165) is 77.4 Å². The average Bonchev–Trinajstić information content (AvgIpc) is 3.57. The second-order valence-electron chi connectivity index (χ2n) is 10.5. The molecular formula is C37H27N3O. The van der Waals surface area contributed by atoms with Crippen molar-refractivity contribution in [1.82, 2.24) is 4.57 Å². The van der Waals surface area contributed by atoms with Gasteiger partial charge >= 0.3 is 0 Å². The molecule has 0 saturated heterocycles. The van der Waals surface area contributed by atoms with Crippen molar-refractivity contribution >= 4 is 49.4 Å². The molecule has 0 radical (unpaired) electrons. The van der Waals surface area contributed by atoms with Gasteiger partial charge in [-0.3, -0.25) is 0 Å². The number of anilines is 1. The molecule has 0 aliphatic rings. The van der Waals surface area contributed by atoms with Crippen molar-refractivity contribution in [2.45, 2.75) is 6.04 Å². The van der Waals surface area contributed by atoms with Crippen LogP contribution in [0, 0.1) is 0 Å². The largest absolute Gasteiger partial charge is 0.456 e. The van der Waals surface area contributed by atoms with Crippen LogP contribution >= 0.6 is 0 Å². The Balaban J connectivity index is 1.38. The van der Waals surface area contributed by atoms with Crippen LogP contribution in [0.1, 0.15) is 17.2 Å². The van der Waals surface area contributed by atoms with Gasteiger partial charge in [0.15, 0.2) is 0 Å². The van der Waals surface area contributed by atoms with Crippen LogP contribution in [0.5, 0.6) is 0 Å². The Kier molecular flexibility index (Phi) is 5.24. The Morgan fingerprint density at radius 3 is 2.05 bits per heavy atom. The first-order valence-electron chi connectivity index (χ1n) is 13.8. The Morgan fingerprint density at radius 2 is 1.22 bits per heavy atom. The number of fused-ring (bicyclic) bond motifs is 6. The first-order valence-corrected chi connectivity index (χ1v) is 13.8. The average molecular weight is 530 g/mol. The minimum absolute atomic E-state index is 0.180. The molecule has 0 aliphatic carbocycles. The molecule has 6 aromatic carbocycles. The van der Waals surface area contributed by atoms with Crippen molar-refractivity contribution in [1.29, 1.82) is 0 Å². The highest BCUT2D eigenvalue weighted by molar-refractivity contribution is 6.23. The van der Waals surface area contributed by atoms with Crippen molar-refractivity contribution in [3.8, 4) is 16.8 Å². The minimum atomic E-state index is -0.180. The van der Waals surface area contributed by atoms with Crippen LogP contribution < -0.4 is 11.5 Å². The molecule has 4 heteroatoms. The highest BCUT2D eigenvalue weighted by Gasteiger charge is 2.21. The fourth-order valence-corrected chi connectivity index (χ4v) is 6.31. The maximum atomic E-state index is 6.82. The first kappa shape index (κ1) is 23.6. The molecule has 0 bridgehead atoms. The molecule has 0 amide bonds. The maximum Gasteiger partial charge on any atom is 0.136 e. The smallest absolute Gasteiger partial charge is 0.136 e. The molecule has 8 aromatic rings. The Bertz CT molecular complexity index is 2220. The van der Waals surface area contributed by atoms with Crippen LogP contribution in [0.15, 0.2) is 138 Å². The summed E-state index contributed by atoms with van der Waals surface area (Å²) < 4.78 is 8.55. The molecule has 0 spiro atoms. The quantitative estimate of drug-likeness (QED) is 0.224. The molecule has 0 fully saturated rings. The fraction of sp³-hybridized carbons (Fsp3) is 0.0270. The second kappa shape index (κ2) is 9.12. The molecule has 0 saturated carbocycles. The van der Waals surface area contributed by atoms with E-state index in [9.17, 15) is 0 Å². The number of nitrogen functional groups attached to an aromatic ring is 1. The van der Waals surface area contributed by atoms with E-state index in [4.69, 9.17) is 15.9 Å². The SMILES string of the molecule is Nc1ccc2c(c1-c1cccc3oc4ccccc4c13)c1ccccc1n2-c1ccc(C(N)c2ccccc2)cc1. The van der Waals surface area contributed by atoms with Crippen LogP contribution in [-0.2, 0) is 0 Å². The van der Waals surface area contributed by atoms with Crippen molar-refractivity contribution in [2.24, 2.45) is 5.73 Å². The van der Waals surface area contributed by atoms with E-state index < -0.39 is 0 Å². The number of benzene rings is 6. The molecule has 0 aliphatic heterocycles. The van der Waals surface area contributed by atoms with Crippen molar-refractivity contribution < 1.29 is 4.42 Å². The molecule has 8 rings (SSSR count). The first-order chi connectivity index (χ1) is 20.2. The van der Waals surface area contributed by atoms with Gasteiger partial charge in [0.25, 0.3) is 0 Å². The van der Waals surface area contributed by atoms with Gasteiger partial charge in [-0.05, 0) is 59.2 Å². The van der Waals surface area contributed by atoms with Gasteiger partial charge < -0.3 is 20.5 Å². The van der Waals surface area contributed by atoms with Crippen molar-refractivity contribution in [3.05, 3.63) is 145 Å². The van der Waals surface area contributed by atoms with Gasteiger partial charge in [0.2, 0.25) is 0 Å². The number of aromatic nitrogens is 1. The zero-order valence-corrected chi connectivity index (χ0v) is 22.3. The lowest BCUT2D eigenvalue weighted by atomic mass is 9.94. The van der Waals surface area contributed by atoms with Gasteiger partial charge in [-0.15, -0.1) is 0 Å². The number of furan rings is 1. The van der Waals surface area contributed by atoms with E-state index in [1.807, 2.05) is 48.5 Å². The molecule has 41 heavy (non-hydrogen) atoms. The number of hydrogen-bond donors (Lipinski definition) is 2. The molecule has 2 heterocycles. The van der Waals surface area contributed by atoms with Crippen molar-refractivity contribution in [2.75, 3.05) is 5.73 Å². The molecule has 196 valence electrons. The predicted molar refractivity (Wildman–Crippen MR) is 170 cm³/mol. The van der Waals surface area contributed by atoms with Gasteiger partial charge in [-0.25, -0.2) is 0 Å². The van der Waals surface area contributed by atoms with Crippen LogP contribution in [0.3, 0.4) is 0 Å². The zero-order valence-electron chi connectivity index (χ0n) is 22.3. The number of rotatable bonds is 4. The van der Waals surface area contributed by atoms with Gasteiger partial charge in [0.1, 0.15) is 11.2 Å². The molecule has 2 aromatic heterocycles. The zero-order chi connectivity index (χ0) is 27.5. The third kappa shape index (κ3) is 3.58. The monoisotopic (exact) mass is 529 g/mol. The summed E-state index contributed by atoms with van der Waals surface area (Å²) in [6.45, 7) is 0. The summed E-state index contributed by atoms with van der Waals surface area (Å²) in [5.74, 6) is 0. The Morgan fingerprint density at radius 1 is 0.537 bits per heavy atom. The Labute approximate surface area is 237 Å². The molecular weight excluding hydrogens is 502 g/mol. The van der Waals surface area contributed by atoms with Gasteiger partial charge in [0.05, 0.1) is 17.1 Å². The van der Waals surface area contributed by atoms with E-state index in [0.29, 0.717) is 0 Å². The summed E-state index contributed by atoms with van der Waals surface area (Å²) in [6.07, 6.45) is 0. The summed E-state index contributed by atoms with van der Waals surface area (Å²) in [5.41, 5.74) is 23.5. The lowest BCUT2D eigenvalue weighted by Crippen LogP contribution is -2.11. The summed E-state index contributed by atoms with van der Waals surface area (Å²) in [4.78, 5) is 0. The molecule has 4 N–H and O–H groups in total. The van der Waals surface area contributed by atoms with Crippen LogP contribution in [0.2, 0.25) is 0 Å². The van der Waals surface area contributed by atoms with Gasteiger partial charge in [-0.1, -0.05) is 91.0 Å². The van der Waals surface area contributed by atoms with Crippen LogP contribution in [0.4, 0.5) is 5.69 Å². The third-order valence-corrected chi connectivity index (χ3v) is 8.21. The lowest BCUT2D eigenvalue weighted by molar-refractivity contribution is 0.669. The molecule has 1 unspecified atom stereocenters. The number of nitrogens with two attached hydrogens (primary N) is 2. The summed E-state index contributed by atoms with van der Waals surface area (Å²) in [6, 6.07) is 45.7. The highest BCUT2D eigenvalue weighted by Crippen LogP contribution is 2.45. The van der Waals surface area contributed by atoms with Crippen LogP contribution in [0.25, 0.3) is 60.6 Å². The van der Waals surface area contributed by atoms with Crippen LogP contribution in [-0.4, -0.2) is 4.57 Å².